The molecule has 2 N–H and O–H groups in total. The van der Waals surface area contributed by atoms with Crippen LogP contribution in [0.4, 0.5) is 11.4 Å². The third-order valence-corrected chi connectivity index (χ3v) is 5.24. The van der Waals surface area contributed by atoms with E-state index in [1.54, 1.807) is 0 Å². The summed E-state index contributed by atoms with van der Waals surface area (Å²) in [5.74, 6) is 0. The Balaban J connectivity index is 1.40. The third-order valence-electron chi connectivity index (χ3n) is 5.24. The van der Waals surface area contributed by atoms with Gasteiger partial charge in [0, 0.05) is 0 Å². The Morgan fingerprint density at radius 3 is 1.52 bits per heavy atom. The van der Waals surface area contributed by atoms with Gasteiger partial charge in [-0.1, -0.05) is 103 Å². The Morgan fingerprint density at radius 1 is 0.484 bits per heavy atom. The molecule has 5 rings (SSSR count). The maximum Gasteiger partial charge on any atom is 0.122 e. The number of nitrogens with zero attached hydrogens (tertiary/aromatic N) is 2. The molecule has 1 aliphatic rings. The van der Waals surface area contributed by atoms with Crippen molar-refractivity contribution >= 4 is 23.5 Å². The molecule has 1 aliphatic heterocycles. The molecule has 4 heteroatoms. The van der Waals surface area contributed by atoms with Crippen molar-refractivity contribution in [1.29, 1.82) is 0 Å². The molecule has 4 nitrogen and oxygen atoms in total. The van der Waals surface area contributed by atoms with Gasteiger partial charge in [-0.3, -0.25) is 0 Å². The van der Waals surface area contributed by atoms with Crippen molar-refractivity contribution < 1.29 is 0 Å². The number of rotatable bonds is 5. The molecule has 0 bridgehead atoms. The smallest absolute Gasteiger partial charge is 0.122 e. The van der Waals surface area contributed by atoms with Crippen LogP contribution < -0.4 is 21.1 Å². The number of hydrogen-bond donors (Lipinski definition) is 2. The van der Waals surface area contributed by atoms with Crippen molar-refractivity contribution in [3.05, 3.63) is 132 Å². The van der Waals surface area contributed by atoms with Gasteiger partial charge in [0.05, 0.1) is 11.4 Å². The van der Waals surface area contributed by atoms with E-state index in [-0.39, 0.29) is 6.17 Å². The fourth-order valence-corrected chi connectivity index (χ4v) is 3.62. The van der Waals surface area contributed by atoms with E-state index in [0.29, 0.717) is 0 Å². The average molecular weight is 405 g/mol. The van der Waals surface area contributed by atoms with Crippen LogP contribution in [0.1, 0.15) is 22.9 Å². The topological polar surface area (TPSA) is 30.5 Å². The molecule has 152 valence electrons. The number of hydrazine groups is 3. The van der Waals surface area contributed by atoms with Crippen molar-refractivity contribution in [2.45, 2.75) is 6.17 Å². The SMILES string of the molecule is C(=Cc1ccc(N2NC(c3ccccc3)NN2c2ccccc2)cc1)c1ccccc1. The molecule has 0 radical (unpaired) electrons. The van der Waals surface area contributed by atoms with Crippen LogP contribution >= 0.6 is 0 Å². The Labute approximate surface area is 183 Å². The summed E-state index contributed by atoms with van der Waals surface area (Å²) in [6.07, 6.45) is 4.24. The molecule has 1 heterocycles. The summed E-state index contributed by atoms with van der Waals surface area (Å²) in [4.78, 5) is 0. The normalized spacial score (nSPS) is 16.2. The predicted octanol–water partition coefficient (Wildman–Crippen LogP) is 5.81. The van der Waals surface area contributed by atoms with E-state index in [9.17, 15) is 0 Å². The summed E-state index contributed by atoms with van der Waals surface area (Å²) in [6.45, 7) is 0. The second-order valence-electron chi connectivity index (χ2n) is 7.40. The van der Waals surface area contributed by atoms with Crippen LogP contribution in [-0.2, 0) is 0 Å². The molecular weight excluding hydrogens is 380 g/mol. The maximum absolute atomic E-state index is 3.58. The Hall–Kier alpha value is -3.86. The lowest BCUT2D eigenvalue weighted by Crippen LogP contribution is -2.45. The van der Waals surface area contributed by atoms with Crippen LogP contribution in [-0.4, -0.2) is 0 Å². The van der Waals surface area contributed by atoms with E-state index < -0.39 is 0 Å². The van der Waals surface area contributed by atoms with Crippen molar-refractivity contribution in [2.24, 2.45) is 0 Å². The second kappa shape index (κ2) is 8.88. The lowest BCUT2D eigenvalue weighted by molar-refractivity contribution is 0.574. The van der Waals surface area contributed by atoms with Gasteiger partial charge in [0.2, 0.25) is 0 Å². The van der Waals surface area contributed by atoms with Gasteiger partial charge in [-0.05, 0) is 41.0 Å². The highest BCUT2D eigenvalue weighted by Crippen LogP contribution is 2.27. The zero-order chi connectivity index (χ0) is 20.9. The van der Waals surface area contributed by atoms with Crippen LogP contribution in [0, 0.1) is 0 Å². The van der Waals surface area contributed by atoms with Gasteiger partial charge in [-0.25, -0.2) is 10.2 Å². The Morgan fingerprint density at radius 2 is 0.935 bits per heavy atom. The summed E-state index contributed by atoms with van der Waals surface area (Å²) in [7, 11) is 0. The molecule has 1 fully saturated rings. The first kappa shape index (κ1) is 19.1. The zero-order valence-corrected chi connectivity index (χ0v) is 17.1. The van der Waals surface area contributed by atoms with Gasteiger partial charge in [-0.15, -0.1) is 0 Å². The molecule has 0 saturated carbocycles. The number of benzene rings is 4. The van der Waals surface area contributed by atoms with E-state index in [4.69, 9.17) is 0 Å². The highest BCUT2D eigenvalue weighted by Gasteiger charge is 2.30. The molecule has 0 aromatic heterocycles. The van der Waals surface area contributed by atoms with Crippen LogP contribution in [0.5, 0.6) is 0 Å². The lowest BCUT2D eigenvalue weighted by atomic mass is 10.1. The Kier molecular flexibility index (Phi) is 5.48. The molecule has 31 heavy (non-hydrogen) atoms. The molecule has 4 aromatic carbocycles. The largest absolute Gasteiger partial charge is 0.201 e. The van der Waals surface area contributed by atoms with Gasteiger partial charge >= 0.3 is 0 Å². The summed E-state index contributed by atoms with van der Waals surface area (Å²) >= 11 is 0. The highest BCUT2D eigenvalue weighted by atomic mass is 16.0. The van der Waals surface area contributed by atoms with Gasteiger partial charge in [0.15, 0.2) is 0 Å². The molecule has 4 aromatic rings. The predicted molar refractivity (Wildman–Crippen MR) is 129 cm³/mol. The zero-order valence-electron chi connectivity index (χ0n) is 17.1. The highest BCUT2D eigenvalue weighted by molar-refractivity contribution is 5.71. The van der Waals surface area contributed by atoms with Gasteiger partial charge in [-0.2, -0.15) is 10.9 Å². The maximum atomic E-state index is 3.58. The van der Waals surface area contributed by atoms with Crippen LogP contribution in [0.25, 0.3) is 12.2 Å². The number of nitrogens with one attached hydrogen (secondary N) is 2. The molecule has 1 atom stereocenters. The molecule has 0 spiro atoms. The number of anilines is 2. The number of para-hydroxylation sites is 1. The third kappa shape index (κ3) is 4.36. The first-order valence-electron chi connectivity index (χ1n) is 10.4. The standard InChI is InChI=1S/C27H24N4/c1-4-10-22(11-5-1)16-17-23-18-20-26(21-19-23)31-29-27(24-12-6-2-7-13-24)28-30(31)25-14-8-3-9-15-25/h1-21,27-29H. The van der Waals surface area contributed by atoms with Gasteiger partial charge in [0.25, 0.3) is 0 Å². The van der Waals surface area contributed by atoms with Crippen molar-refractivity contribution in [1.82, 2.24) is 10.9 Å². The van der Waals surface area contributed by atoms with E-state index in [1.807, 2.05) is 35.4 Å². The fourth-order valence-electron chi connectivity index (χ4n) is 3.62. The van der Waals surface area contributed by atoms with E-state index in [0.717, 1.165) is 16.9 Å². The van der Waals surface area contributed by atoms with Crippen molar-refractivity contribution in [2.75, 3.05) is 10.2 Å². The summed E-state index contributed by atoms with van der Waals surface area (Å²) in [5.41, 5.74) is 12.8. The molecule has 1 saturated heterocycles. The minimum atomic E-state index is -0.0286. The fraction of sp³-hybridized carbons (Fsp3) is 0.0370. The van der Waals surface area contributed by atoms with Gasteiger partial charge in [0.1, 0.15) is 6.17 Å². The molecule has 0 amide bonds. The minimum absolute atomic E-state index is 0.0286. The molecule has 1 unspecified atom stereocenters. The summed E-state index contributed by atoms with van der Waals surface area (Å²) < 4.78 is 0. The average Bonchev–Trinajstić information content (AvgIpc) is 3.30. The van der Waals surface area contributed by atoms with Crippen molar-refractivity contribution in [3.63, 3.8) is 0 Å². The van der Waals surface area contributed by atoms with E-state index in [2.05, 4.69) is 113 Å². The van der Waals surface area contributed by atoms with Crippen LogP contribution in [0.15, 0.2) is 115 Å². The van der Waals surface area contributed by atoms with Crippen LogP contribution in [0.2, 0.25) is 0 Å². The lowest BCUT2D eigenvalue weighted by Gasteiger charge is -2.29. The second-order valence-corrected chi connectivity index (χ2v) is 7.40. The minimum Gasteiger partial charge on any atom is -0.201 e. The molecular formula is C27H24N4. The first-order chi connectivity index (χ1) is 15.4. The monoisotopic (exact) mass is 404 g/mol. The van der Waals surface area contributed by atoms with E-state index >= 15 is 0 Å². The van der Waals surface area contributed by atoms with E-state index in [1.165, 1.54) is 11.1 Å². The quantitative estimate of drug-likeness (QED) is 0.411. The first-order valence-corrected chi connectivity index (χ1v) is 10.4. The summed E-state index contributed by atoms with van der Waals surface area (Å²) in [6, 6.07) is 39.6. The van der Waals surface area contributed by atoms with Crippen LogP contribution in [0.3, 0.4) is 0 Å². The Bertz CT molecular complexity index is 1130. The number of hydrogen-bond acceptors (Lipinski definition) is 4. The summed E-state index contributed by atoms with van der Waals surface area (Å²) in [5, 5.41) is 4.10. The molecule has 0 aliphatic carbocycles. The van der Waals surface area contributed by atoms with Crippen molar-refractivity contribution in [3.8, 4) is 0 Å². The van der Waals surface area contributed by atoms with Gasteiger partial charge < -0.3 is 0 Å².